The number of hydrogen-bond acceptors (Lipinski definition) is 3. The van der Waals surface area contributed by atoms with Crippen molar-refractivity contribution in [3.63, 3.8) is 0 Å². The van der Waals surface area contributed by atoms with Gasteiger partial charge in [0.1, 0.15) is 6.29 Å². The van der Waals surface area contributed by atoms with E-state index < -0.39 is 0 Å². The molecule has 0 aliphatic rings. The SMILES string of the molecule is CCCCCCCCCCCCCCCC(=O)OCCCCCCCCCCCCCC=O. The van der Waals surface area contributed by atoms with Gasteiger partial charge in [0, 0.05) is 12.8 Å². The monoisotopic (exact) mass is 466 g/mol. The fourth-order valence-corrected chi connectivity index (χ4v) is 4.47. The number of unbranched alkanes of at least 4 members (excludes halogenated alkanes) is 23. The number of esters is 1. The molecule has 0 aromatic heterocycles. The first kappa shape index (κ1) is 32.1. The lowest BCUT2D eigenvalue weighted by molar-refractivity contribution is -0.143. The van der Waals surface area contributed by atoms with E-state index in [0.29, 0.717) is 13.0 Å². The average Bonchev–Trinajstić information content (AvgIpc) is 2.82. The highest BCUT2D eigenvalue weighted by atomic mass is 16.5. The van der Waals surface area contributed by atoms with Crippen LogP contribution in [0.1, 0.15) is 174 Å². The molecule has 0 aromatic carbocycles. The van der Waals surface area contributed by atoms with Crippen LogP contribution in [0.25, 0.3) is 0 Å². The summed E-state index contributed by atoms with van der Waals surface area (Å²) < 4.78 is 5.39. The molecular formula is C30H58O3. The van der Waals surface area contributed by atoms with E-state index in [9.17, 15) is 9.59 Å². The van der Waals surface area contributed by atoms with Crippen molar-refractivity contribution in [2.45, 2.75) is 174 Å². The second-order valence-electron chi connectivity index (χ2n) is 10.1. The van der Waals surface area contributed by atoms with Gasteiger partial charge in [0.2, 0.25) is 0 Å². The number of rotatable bonds is 28. The molecule has 0 aliphatic heterocycles. The topological polar surface area (TPSA) is 43.4 Å². The third-order valence-electron chi connectivity index (χ3n) is 6.71. The standard InChI is InChI=1S/C30H58O3/c1-2-3-4-5-6-7-8-9-12-15-18-21-24-27-30(32)33-29-26-23-20-17-14-11-10-13-16-19-22-25-28-31/h28H,2-27,29H2,1H3. The molecule has 0 saturated carbocycles. The van der Waals surface area contributed by atoms with Crippen molar-refractivity contribution in [1.82, 2.24) is 0 Å². The fourth-order valence-electron chi connectivity index (χ4n) is 4.47. The zero-order chi connectivity index (χ0) is 24.1. The van der Waals surface area contributed by atoms with Crippen LogP contribution in [-0.4, -0.2) is 18.9 Å². The van der Waals surface area contributed by atoms with Gasteiger partial charge in [-0.05, 0) is 19.3 Å². The van der Waals surface area contributed by atoms with Crippen LogP contribution in [-0.2, 0) is 14.3 Å². The molecular weight excluding hydrogens is 408 g/mol. The van der Waals surface area contributed by atoms with Crippen LogP contribution in [0, 0.1) is 0 Å². The molecule has 0 radical (unpaired) electrons. The second kappa shape index (κ2) is 29.2. The minimum absolute atomic E-state index is 0.00575. The first-order valence-electron chi connectivity index (χ1n) is 14.9. The van der Waals surface area contributed by atoms with Crippen LogP contribution in [0.2, 0.25) is 0 Å². The fraction of sp³-hybridized carbons (Fsp3) is 0.933. The van der Waals surface area contributed by atoms with E-state index in [1.54, 1.807) is 0 Å². The molecule has 3 nitrogen and oxygen atoms in total. The van der Waals surface area contributed by atoms with Gasteiger partial charge >= 0.3 is 5.97 Å². The summed E-state index contributed by atoms with van der Waals surface area (Å²) in [5.74, 6) is 0.00575. The van der Waals surface area contributed by atoms with Crippen molar-refractivity contribution in [3.8, 4) is 0 Å². The molecule has 0 unspecified atom stereocenters. The Kier molecular flexibility index (Phi) is 28.4. The van der Waals surface area contributed by atoms with Gasteiger partial charge in [-0.2, -0.15) is 0 Å². The zero-order valence-corrected chi connectivity index (χ0v) is 22.4. The molecule has 0 spiro atoms. The van der Waals surface area contributed by atoms with Crippen LogP contribution < -0.4 is 0 Å². The van der Waals surface area contributed by atoms with E-state index in [-0.39, 0.29) is 5.97 Å². The predicted molar refractivity (Wildman–Crippen MR) is 143 cm³/mol. The van der Waals surface area contributed by atoms with Crippen LogP contribution in [0.3, 0.4) is 0 Å². The van der Waals surface area contributed by atoms with E-state index in [1.165, 1.54) is 135 Å². The number of carbonyl (C=O) groups excluding carboxylic acids is 2. The summed E-state index contributed by atoms with van der Waals surface area (Å²) in [5, 5.41) is 0. The molecule has 0 N–H and O–H groups in total. The molecule has 0 saturated heterocycles. The van der Waals surface area contributed by atoms with Gasteiger partial charge in [-0.25, -0.2) is 0 Å². The highest BCUT2D eigenvalue weighted by Gasteiger charge is 2.02. The third kappa shape index (κ3) is 29.1. The predicted octanol–water partition coefficient (Wildman–Crippen LogP) is 9.89. The Hall–Kier alpha value is -0.860. The van der Waals surface area contributed by atoms with E-state index in [0.717, 1.165) is 32.0 Å². The van der Waals surface area contributed by atoms with Crippen LogP contribution in [0.15, 0.2) is 0 Å². The lowest BCUT2D eigenvalue weighted by Gasteiger charge is -2.06. The summed E-state index contributed by atoms with van der Waals surface area (Å²) in [6.07, 6.45) is 33.3. The van der Waals surface area contributed by atoms with E-state index >= 15 is 0 Å². The smallest absolute Gasteiger partial charge is 0.305 e. The van der Waals surface area contributed by atoms with Crippen LogP contribution in [0.5, 0.6) is 0 Å². The Balaban J connectivity index is 3.14. The minimum Gasteiger partial charge on any atom is -0.466 e. The summed E-state index contributed by atoms with van der Waals surface area (Å²) in [7, 11) is 0. The highest BCUT2D eigenvalue weighted by Crippen LogP contribution is 2.14. The summed E-state index contributed by atoms with van der Waals surface area (Å²) in [6, 6.07) is 0. The van der Waals surface area contributed by atoms with Gasteiger partial charge in [0.05, 0.1) is 6.61 Å². The van der Waals surface area contributed by atoms with Gasteiger partial charge < -0.3 is 9.53 Å². The number of aldehydes is 1. The molecule has 0 aliphatic carbocycles. The maximum atomic E-state index is 11.8. The molecule has 0 rings (SSSR count). The highest BCUT2D eigenvalue weighted by molar-refractivity contribution is 5.69. The van der Waals surface area contributed by atoms with Crippen molar-refractivity contribution in [2.24, 2.45) is 0 Å². The first-order chi connectivity index (χ1) is 16.3. The summed E-state index contributed by atoms with van der Waals surface area (Å²) in [4.78, 5) is 22.1. The number of ether oxygens (including phenoxy) is 1. The molecule has 0 fully saturated rings. The Morgan fingerprint density at radius 1 is 0.515 bits per heavy atom. The maximum Gasteiger partial charge on any atom is 0.305 e. The Morgan fingerprint density at radius 2 is 0.879 bits per heavy atom. The van der Waals surface area contributed by atoms with Crippen molar-refractivity contribution >= 4 is 12.3 Å². The Labute approximate surface area is 207 Å². The Bertz CT molecular complexity index is 394. The molecule has 3 heteroatoms. The lowest BCUT2D eigenvalue weighted by Crippen LogP contribution is -2.05. The van der Waals surface area contributed by atoms with Crippen molar-refractivity contribution < 1.29 is 14.3 Å². The van der Waals surface area contributed by atoms with Gasteiger partial charge in [0.15, 0.2) is 0 Å². The van der Waals surface area contributed by atoms with Crippen LogP contribution >= 0.6 is 0 Å². The molecule has 0 heterocycles. The number of hydrogen-bond donors (Lipinski definition) is 0. The van der Waals surface area contributed by atoms with E-state index in [1.807, 2.05) is 0 Å². The van der Waals surface area contributed by atoms with Gasteiger partial charge in [-0.3, -0.25) is 4.79 Å². The molecule has 0 bridgehead atoms. The molecule has 0 atom stereocenters. The normalized spacial score (nSPS) is 11.1. The van der Waals surface area contributed by atoms with Crippen LogP contribution in [0.4, 0.5) is 0 Å². The van der Waals surface area contributed by atoms with Gasteiger partial charge in [-0.1, -0.05) is 142 Å². The summed E-state index contributed by atoms with van der Waals surface area (Å²) >= 11 is 0. The average molecular weight is 467 g/mol. The number of carbonyl (C=O) groups is 2. The summed E-state index contributed by atoms with van der Waals surface area (Å²) in [6.45, 7) is 2.89. The first-order valence-corrected chi connectivity index (χ1v) is 14.9. The minimum atomic E-state index is 0.00575. The lowest BCUT2D eigenvalue weighted by atomic mass is 10.0. The second-order valence-corrected chi connectivity index (χ2v) is 10.1. The van der Waals surface area contributed by atoms with E-state index in [4.69, 9.17) is 4.74 Å². The molecule has 0 amide bonds. The Morgan fingerprint density at radius 3 is 1.30 bits per heavy atom. The zero-order valence-electron chi connectivity index (χ0n) is 22.4. The largest absolute Gasteiger partial charge is 0.466 e. The molecule has 196 valence electrons. The van der Waals surface area contributed by atoms with Crippen molar-refractivity contribution in [2.75, 3.05) is 6.61 Å². The third-order valence-corrected chi connectivity index (χ3v) is 6.71. The molecule has 0 aromatic rings. The quantitative estimate of drug-likeness (QED) is 0.0654. The van der Waals surface area contributed by atoms with Crippen molar-refractivity contribution in [3.05, 3.63) is 0 Å². The van der Waals surface area contributed by atoms with Gasteiger partial charge in [0.25, 0.3) is 0 Å². The maximum absolute atomic E-state index is 11.8. The summed E-state index contributed by atoms with van der Waals surface area (Å²) in [5.41, 5.74) is 0. The van der Waals surface area contributed by atoms with Gasteiger partial charge in [-0.15, -0.1) is 0 Å². The van der Waals surface area contributed by atoms with E-state index in [2.05, 4.69) is 6.92 Å². The van der Waals surface area contributed by atoms with Crippen molar-refractivity contribution in [1.29, 1.82) is 0 Å². The molecule has 33 heavy (non-hydrogen) atoms.